The molecule has 49 heavy (non-hydrogen) atoms. The van der Waals surface area contributed by atoms with E-state index >= 15 is 0 Å². The van der Waals surface area contributed by atoms with Crippen LogP contribution in [-0.4, -0.2) is 61.9 Å². The minimum Gasteiger partial charge on any atom is -0.481 e. The van der Waals surface area contributed by atoms with Crippen LogP contribution in [0, 0.1) is 0 Å². The Hall–Kier alpha value is -4.75. The van der Waals surface area contributed by atoms with Crippen LogP contribution in [-0.2, 0) is 29.7 Å². The molecule has 0 spiro atoms. The molecule has 1 unspecified atom stereocenters. The quantitative estimate of drug-likeness (QED) is 0.145. The zero-order valence-corrected chi connectivity index (χ0v) is 28.6. The van der Waals surface area contributed by atoms with Crippen molar-refractivity contribution in [2.45, 2.75) is 44.9 Å². The predicted molar refractivity (Wildman–Crippen MR) is 188 cm³/mol. The number of ether oxygens (including phenoxy) is 1. The van der Waals surface area contributed by atoms with Crippen molar-refractivity contribution in [2.75, 3.05) is 13.7 Å². The summed E-state index contributed by atoms with van der Waals surface area (Å²) < 4.78 is 8.51. The summed E-state index contributed by atoms with van der Waals surface area (Å²) in [5.74, 6) is -0.0672. The van der Waals surface area contributed by atoms with Crippen molar-refractivity contribution in [3.63, 3.8) is 0 Å². The van der Waals surface area contributed by atoms with Gasteiger partial charge in [0.2, 0.25) is 11.8 Å². The summed E-state index contributed by atoms with van der Waals surface area (Å²) in [6.45, 7) is 2.80. The van der Waals surface area contributed by atoms with E-state index in [0.29, 0.717) is 80.3 Å². The number of carboxylic acids is 1. The molecule has 1 aliphatic rings. The van der Waals surface area contributed by atoms with Crippen LogP contribution in [0.5, 0.6) is 5.88 Å². The maximum absolute atomic E-state index is 13.2. The molecule has 254 valence electrons. The van der Waals surface area contributed by atoms with Gasteiger partial charge < -0.3 is 20.5 Å². The van der Waals surface area contributed by atoms with Gasteiger partial charge in [-0.05, 0) is 25.5 Å². The summed E-state index contributed by atoms with van der Waals surface area (Å²) in [7, 11) is 3.17. The average molecular weight is 705 g/mol. The highest BCUT2D eigenvalue weighted by atomic mass is 35.5. The van der Waals surface area contributed by atoms with E-state index in [2.05, 4.69) is 21.0 Å². The van der Waals surface area contributed by atoms with Crippen LogP contribution in [0.3, 0.4) is 0 Å². The van der Waals surface area contributed by atoms with Crippen molar-refractivity contribution in [2.24, 2.45) is 7.05 Å². The van der Waals surface area contributed by atoms with Gasteiger partial charge in [0.05, 0.1) is 29.4 Å². The number of methoxy groups -OCH3 is 1. The van der Waals surface area contributed by atoms with Crippen molar-refractivity contribution in [1.29, 1.82) is 0 Å². The summed E-state index contributed by atoms with van der Waals surface area (Å²) in [5.41, 5.74) is 5.03. The van der Waals surface area contributed by atoms with Crippen LogP contribution < -0.4 is 26.2 Å². The molecule has 6 rings (SSSR count). The Labute approximate surface area is 292 Å². The van der Waals surface area contributed by atoms with Crippen LogP contribution in [0.2, 0.25) is 10.0 Å². The lowest BCUT2D eigenvalue weighted by molar-refractivity contribution is -0.139. The molecule has 4 N–H and O–H groups in total. The lowest BCUT2D eigenvalue weighted by atomic mass is 9.97. The molecule has 0 aliphatic carbocycles. The maximum Gasteiger partial charge on any atom is 0.320 e. The Morgan fingerprint density at radius 1 is 1.06 bits per heavy atom. The fraction of sp³-hybridized carbons (Fsp3) is 0.286. The number of pyridine rings is 1. The van der Waals surface area contributed by atoms with E-state index in [4.69, 9.17) is 32.9 Å². The minimum atomic E-state index is -1.000. The molecule has 3 aromatic heterocycles. The lowest BCUT2D eigenvalue weighted by Crippen LogP contribution is -2.36. The number of amides is 1. The first kappa shape index (κ1) is 34.1. The average Bonchev–Trinajstić information content (AvgIpc) is 3.72. The van der Waals surface area contributed by atoms with Gasteiger partial charge in [-0.3, -0.25) is 24.3 Å². The Kier molecular flexibility index (Phi) is 10.0. The molecule has 0 saturated carbocycles. The Morgan fingerprint density at radius 3 is 2.43 bits per heavy atom. The lowest BCUT2D eigenvalue weighted by Gasteiger charge is -2.15. The standard InChI is InChI=1S/C35H35Cl2N7O5/c1-19(35(47)48)39-17-29-42-44-18-21(14-28(44)34(46)43(29)2)23-6-4-7-24(31(23)36)25-8-5-9-26(32(25)37)27-12-10-20(33(41-27)49-3)15-38-16-22-11-13-30(45)40-22/h4-10,12,14,18-19,22,38-39H,11,13,15-17H2,1-3H3,(H,40,45)(H,47,48)/t19?,22-/m1/s1. The van der Waals surface area contributed by atoms with Gasteiger partial charge in [0.1, 0.15) is 17.4 Å². The second kappa shape index (κ2) is 14.4. The summed E-state index contributed by atoms with van der Waals surface area (Å²) in [6.07, 6.45) is 3.10. The Bertz CT molecular complexity index is 2130. The third-order valence-electron chi connectivity index (χ3n) is 8.67. The second-order valence-electron chi connectivity index (χ2n) is 11.9. The van der Waals surface area contributed by atoms with E-state index in [1.807, 2.05) is 48.5 Å². The molecule has 2 atom stereocenters. The molecule has 1 aliphatic heterocycles. The summed E-state index contributed by atoms with van der Waals surface area (Å²) >= 11 is 14.1. The molecule has 0 radical (unpaired) electrons. The largest absolute Gasteiger partial charge is 0.481 e. The first-order valence-corrected chi connectivity index (χ1v) is 16.5. The molecule has 1 fully saturated rings. The van der Waals surface area contributed by atoms with Crippen LogP contribution in [0.15, 0.2) is 65.6 Å². The zero-order chi connectivity index (χ0) is 34.8. The van der Waals surface area contributed by atoms with Gasteiger partial charge in [-0.15, -0.1) is 0 Å². The van der Waals surface area contributed by atoms with E-state index in [-0.39, 0.29) is 24.1 Å². The van der Waals surface area contributed by atoms with Crippen molar-refractivity contribution < 1.29 is 19.4 Å². The van der Waals surface area contributed by atoms with Crippen LogP contribution in [0.25, 0.3) is 39.0 Å². The van der Waals surface area contributed by atoms with Gasteiger partial charge in [0.25, 0.3) is 5.56 Å². The van der Waals surface area contributed by atoms with E-state index in [9.17, 15) is 19.5 Å². The fourth-order valence-corrected chi connectivity index (χ4v) is 6.51. The van der Waals surface area contributed by atoms with Gasteiger partial charge in [0.15, 0.2) is 0 Å². The van der Waals surface area contributed by atoms with Gasteiger partial charge >= 0.3 is 5.97 Å². The summed E-state index contributed by atoms with van der Waals surface area (Å²) in [4.78, 5) is 40.7. The molecule has 14 heteroatoms. The number of nitrogens with one attached hydrogen (secondary N) is 3. The molecule has 0 bridgehead atoms. The zero-order valence-electron chi connectivity index (χ0n) is 27.1. The molecule has 2 aromatic carbocycles. The number of carboxylic acid groups (broad SMARTS) is 1. The van der Waals surface area contributed by atoms with Gasteiger partial charge in [-0.25, -0.2) is 9.50 Å². The number of fused-ring (bicyclic) bond motifs is 1. The molecule has 4 heterocycles. The van der Waals surface area contributed by atoms with Crippen molar-refractivity contribution in [1.82, 2.24) is 35.1 Å². The molecule has 1 amide bonds. The maximum atomic E-state index is 13.2. The normalized spacial score (nSPS) is 15.0. The van der Waals surface area contributed by atoms with Crippen molar-refractivity contribution >= 4 is 40.6 Å². The predicted octanol–water partition coefficient (Wildman–Crippen LogP) is 4.68. The highest BCUT2D eigenvalue weighted by Gasteiger charge is 2.21. The molecule has 12 nitrogen and oxygen atoms in total. The first-order valence-electron chi connectivity index (χ1n) is 15.7. The molecule has 5 aromatic rings. The Morgan fingerprint density at radius 2 is 1.76 bits per heavy atom. The number of rotatable bonds is 12. The number of nitrogens with zero attached hydrogens (tertiary/aromatic N) is 4. The number of benzene rings is 2. The summed E-state index contributed by atoms with van der Waals surface area (Å²) in [6, 6.07) is 16.2. The second-order valence-corrected chi connectivity index (χ2v) is 12.7. The number of aromatic nitrogens is 4. The Balaban J connectivity index is 1.28. The molecule has 1 saturated heterocycles. The minimum absolute atomic E-state index is 0.0829. The number of carbonyl (C=O) groups is 2. The van der Waals surface area contributed by atoms with E-state index in [1.54, 1.807) is 26.4 Å². The highest BCUT2D eigenvalue weighted by molar-refractivity contribution is 6.39. The molecular weight excluding hydrogens is 669 g/mol. The molecular formula is C35H35Cl2N7O5. The monoisotopic (exact) mass is 703 g/mol. The van der Waals surface area contributed by atoms with Crippen LogP contribution >= 0.6 is 23.2 Å². The van der Waals surface area contributed by atoms with Gasteiger partial charge in [0, 0.05) is 72.2 Å². The topological polar surface area (TPSA) is 152 Å². The SMILES string of the molecule is COc1nc(-c2cccc(-c3cccc(-c4cc5c(=O)n(C)c(CNC(C)C(=O)O)nn5c4)c3Cl)c2Cl)ccc1CNC[C@H]1CCC(=O)N1. The van der Waals surface area contributed by atoms with Crippen molar-refractivity contribution in [3.8, 4) is 39.4 Å². The number of hydrogen-bond acceptors (Lipinski definition) is 8. The first-order chi connectivity index (χ1) is 23.5. The number of hydrogen-bond donors (Lipinski definition) is 4. The number of carbonyl (C=O) groups excluding carboxylic acids is 1. The van der Waals surface area contributed by atoms with E-state index < -0.39 is 12.0 Å². The van der Waals surface area contributed by atoms with Gasteiger partial charge in [-0.1, -0.05) is 65.7 Å². The third kappa shape index (κ3) is 7.04. The highest BCUT2D eigenvalue weighted by Crippen LogP contribution is 2.42. The third-order valence-corrected chi connectivity index (χ3v) is 9.48. The smallest absolute Gasteiger partial charge is 0.320 e. The number of halogens is 2. The van der Waals surface area contributed by atoms with Crippen molar-refractivity contribution in [3.05, 3.63) is 92.6 Å². The fourth-order valence-electron chi connectivity index (χ4n) is 5.85. The van der Waals surface area contributed by atoms with Gasteiger partial charge in [-0.2, -0.15) is 5.10 Å². The number of aliphatic carboxylic acids is 1. The van der Waals surface area contributed by atoms with E-state index in [1.165, 1.54) is 16.0 Å². The van der Waals surface area contributed by atoms with Crippen LogP contribution in [0.1, 0.15) is 31.2 Å². The van der Waals surface area contributed by atoms with Crippen LogP contribution in [0.4, 0.5) is 0 Å². The van der Waals surface area contributed by atoms with E-state index in [0.717, 1.165) is 12.0 Å². The summed E-state index contributed by atoms with van der Waals surface area (Å²) in [5, 5.41) is 23.9.